The number of nitrogens with one attached hydrogen (secondary N) is 1. The number of amides is 1. The Kier molecular flexibility index (Phi) is 5.07. The summed E-state index contributed by atoms with van der Waals surface area (Å²) in [4.78, 5) is 12.3. The lowest BCUT2D eigenvalue weighted by atomic mass is 9.74. The molecule has 4 N–H and O–H groups in total. The Hall–Kier alpha value is -1.75. The molecule has 0 aliphatic heterocycles. The van der Waals surface area contributed by atoms with Gasteiger partial charge in [0.25, 0.3) is 5.91 Å². The molecule has 0 atom stereocenters. The third-order valence-corrected chi connectivity index (χ3v) is 4.34. The molecule has 1 aliphatic carbocycles. The summed E-state index contributed by atoms with van der Waals surface area (Å²) in [5.74, 6) is 0.277. The number of methoxy groups -OCH3 is 1. The molecule has 21 heavy (non-hydrogen) atoms. The van der Waals surface area contributed by atoms with Gasteiger partial charge >= 0.3 is 0 Å². The molecule has 5 nitrogen and oxygen atoms in total. The van der Waals surface area contributed by atoms with E-state index in [1.165, 1.54) is 13.5 Å². The van der Waals surface area contributed by atoms with Crippen molar-refractivity contribution in [3.05, 3.63) is 23.8 Å². The molecule has 1 aromatic carbocycles. The van der Waals surface area contributed by atoms with E-state index < -0.39 is 0 Å². The number of nitrogens with two attached hydrogens (primary N) is 1. The summed E-state index contributed by atoms with van der Waals surface area (Å²) in [5.41, 5.74) is 6.55. The molecular weight excluding hydrogens is 268 g/mol. The van der Waals surface area contributed by atoms with Crippen molar-refractivity contribution in [3.8, 4) is 5.75 Å². The fourth-order valence-electron chi connectivity index (χ4n) is 2.95. The third kappa shape index (κ3) is 3.67. The summed E-state index contributed by atoms with van der Waals surface area (Å²) in [6.45, 7) is 0.613. The number of anilines is 1. The standard InChI is InChI=1S/C16H24N2O3/c1-21-14-9-12(17)5-6-13(14)15(20)18-10-16(11-19)7-3-2-4-8-16/h5-6,9,19H,2-4,7-8,10-11,17H2,1H3,(H,18,20). The van der Waals surface area contributed by atoms with Gasteiger partial charge in [-0.25, -0.2) is 0 Å². The number of nitrogen functional groups attached to an aromatic ring is 1. The van der Waals surface area contributed by atoms with Crippen LogP contribution in [0.1, 0.15) is 42.5 Å². The molecule has 1 amide bonds. The van der Waals surface area contributed by atoms with E-state index in [0.717, 1.165) is 25.7 Å². The van der Waals surface area contributed by atoms with Crippen molar-refractivity contribution in [1.82, 2.24) is 5.32 Å². The Bertz CT molecular complexity index is 496. The van der Waals surface area contributed by atoms with Crippen LogP contribution in [-0.2, 0) is 0 Å². The van der Waals surface area contributed by atoms with Gasteiger partial charge in [-0.15, -0.1) is 0 Å². The first-order chi connectivity index (χ1) is 10.1. The maximum absolute atomic E-state index is 12.3. The van der Waals surface area contributed by atoms with Gasteiger partial charge in [0.2, 0.25) is 0 Å². The number of aliphatic hydroxyl groups is 1. The smallest absolute Gasteiger partial charge is 0.255 e. The molecule has 0 bridgehead atoms. The molecule has 0 aromatic heterocycles. The van der Waals surface area contributed by atoms with Gasteiger partial charge in [-0.05, 0) is 25.0 Å². The van der Waals surface area contributed by atoms with Crippen molar-refractivity contribution < 1.29 is 14.6 Å². The van der Waals surface area contributed by atoms with Crippen molar-refractivity contribution in [2.45, 2.75) is 32.1 Å². The van der Waals surface area contributed by atoms with Crippen LogP contribution < -0.4 is 15.8 Å². The molecule has 0 radical (unpaired) electrons. The van der Waals surface area contributed by atoms with Gasteiger partial charge in [-0.3, -0.25) is 4.79 Å². The second-order valence-corrected chi connectivity index (χ2v) is 5.86. The topological polar surface area (TPSA) is 84.6 Å². The average Bonchev–Trinajstić information content (AvgIpc) is 2.53. The van der Waals surface area contributed by atoms with Gasteiger partial charge < -0.3 is 20.9 Å². The summed E-state index contributed by atoms with van der Waals surface area (Å²) < 4.78 is 5.20. The van der Waals surface area contributed by atoms with E-state index in [9.17, 15) is 9.90 Å². The van der Waals surface area contributed by atoms with Crippen LogP contribution in [-0.4, -0.2) is 31.3 Å². The maximum atomic E-state index is 12.3. The molecule has 0 saturated heterocycles. The van der Waals surface area contributed by atoms with E-state index in [1.807, 2.05) is 0 Å². The van der Waals surface area contributed by atoms with E-state index in [0.29, 0.717) is 23.5 Å². The Morgan fingerprint density at radius 3 is 2.71 bits per heavy atom. The predicted octanol–water partition coefficient (Wildman–Crippen LogP) is 1.95. The lowest BCUT2D eigenvalue weighted by molar-refractivity contribution is 0.0716. The number of hydrogen-bond acceptors (Lipinski definition) is 4. The number of hydrogen-bond donors (Lipinski definition) is 3. The van der Waals surface area contributed by atoms with Crippen LogP contribution in [0.2, 0.25) is 0 Å². The summed E-state index contributed by atoms with van der Waals surface area (Å²) in [7, 11) is 1.52. The highest BCUT2D eigenvalue weighted by Gasteiger charge is 2.32. The van der Waals surface area contributed by atoms with Crippen molar-refractivity contribution in [2.75, 3.05) is 26.0 Å². The Balaban J connectivity index is 2.04. The minimum atomic E-state index is -0.190. The number of carbonyl (C=O) groups is 1. The zero-order chi connectivity index (χ0) is 15.3. The second kappa shape index (κ2) is 6.80. The van der Waals surface area contributed by atoms with Crippen molar-refractivity contribution in [3.63, 3.8) is 0 Å². The minimum absolute atomic E-state index is 0.117. The van der Waals surface area contributed by atoms with E-state index in [4.69, 9.17) is 10.5 Å². The van der Waals surface area contributed by atoms with E-state index >= 15 is 0 Å². The molecule has 1 aliphatic rings. The van der Waals surface area contributed by atoms with Crippen molar-refractivity contribution in [1.29, 1.82) is 0 Å². The van der Waals surface area contributed by atoms with Gasteiger partial charge in [0, 0.05) is 23.7 Å². The van der Waals surface area contributed by atoms with Crippen LogP contribution in [0.15, 0.2) is 18.2 Å². The molecule has 5 heteroatoms. The van der Waals surface area contributed by atoms with Gasteiger partial charge in [0.1, 0.15) is 5.75 Å². The van der Waals surface area contributed by atoms with Crippen LogP contribution in [0.3, 0.4) is 0 Å². The lowest BCUT2D eigenvalue weighted by Gasteiger charge is -2.35. The second-order valence-electron chi connectivity index (χ2n) is 5.86. The summed E-state index contributed by atoms with van der Waals surface area (Å²) >= 11 is 0. The van der Waals surface area contributed by atoms with Gasteiger partial charge in [-0.2, -0.15) is 0 Å². The zero-order valence-electron chi connectivity index (χ0n) is 12.5. The molecule has 1 aromatic rings. The number of aliphatic hydroxyl groups excluding tert-OH is 1. The van der Waals surface area contributed by atoms with Crippen LogP contribution in [0, 0.1) is 5.41 Å². The fraction of sp³-hybridized carbons (Fsp3) is 0.562. The zero-order valence-corrected chi connectivity index (χ0v) is 12.5. The largest absolute Gasteiger partial charge is 0.496 e. The molecular formula is C16H24N2O3. The minimum Gasteiger partial charge on any atom is -0.496 e. The highest BCUT2D eigenvalue weighted by atomic mass is 16.5. The first kappa shape index (κ1) is 15.6. The normalized spacial score (nSPS) is 17.2. The molecule has 0 unspecified atom stereocenters. The van der Waals surface area contributed by atoms with E-state index in [1.54, 1.807) is 18.2 Å². The summed E-state index contributed by atoms with van der Waals surface area (Å²) in [6.07, 6.45) is 5.36. The van der Waals surface area contributed by atoms with Gasteiger partial charge in [0.15, 0.2) is 0 Å². The average molecular weight is 292 g/mol. The molecule has 116 valence electrons. The number of ether oxygens (including phenoxy) is 1. The summed E-state index contributed by atoms with van der Waals surface area (Å²) in [6, 6.07) is 4.98. The fourth-order valence-corrected chi connectivity index (χ4v) is 2.95. The van der Waals surface area contributed by atoms with Gasteiger partial charge in [0.05, 0.1) is 19.3 Å². The first-order valence-electron chi connectivity index (χ1n) is 7.43. The van der Waals surface area contributed by atoms with Crippen LogP contribution in [0.4, 0.5) is 5.69 Å². The molecule has 0 spiro atoms. The highest BCUT2D eigenvalue weighted by Crippen LogP contribution is 2.35. The van der Waals surface area contributed by atoms with E-state index in [2.05, 4.69) is 5.32 Å². The number of benzene rings is 1. The van der Waals surface area contributed by atoms with Crippen LogP contribution >= 0.6 is 0 Å². The highest BCUT2D eigenvalue weighted by molar-refractivity contribution is 5.97. The first-order valence-corrected chi connectivity index (χ1v) is 7.43. The van der Waals surface area contributed by atoms with Crippen LogP contribution in [0.25, 0.3) is 0 Å². The predicted molar refractivity (Wildman–Crippen MR) is 82.3 cm³/mol. The molecule has 2 rings (SSSR count). The quantitative estimate of drug-likeness (QED) is 0.724. The number of carbonyl (C=O) groups excluding carboxylic acids is 1. The summed E-state index contributed by atoms with van der Waals surface area (Å²) in [5, 5.41) is 12.6. The van der Waals surface area contributed by atoms with Crippen LogP contribution in [0.5, 0.6) is 5.75 Å². The van der Waals surface area contributed by atoms with Crippen molar-refractivity contribution in [2.24, 2.45) is 5.41 Å². The van der Waals surface area contributed by atoms with Gasteiger partial charge in [-0.1, -0.05) is 19.3 Å². The van der Waals surface area contributed by atoms with Crippen molar-refractivity contribution >= 4 is 11.6 Å². The monoisotopic (exact) mass is 292 g/mol. The third-order valence-electron chi connectivity index (χ3n) is 4.34. The SMILES string of the molecule is COc1cc(N)ccc1C(=O)NCC1(CO)CCCCC1. The Morgan fingerprint density at radius 1 is 1.38 bits per heavy atom. The Morgan fingerprint density at radius 2 is 2.10 bits per heavy atom. The molecule has 1 fully saturated rings. The maximum Gasteiger partial charge on any atom is 0.255 e. The number of rotatable bonds is 5. The van der Waals surface area contributed by atoms with E-state index in [-0.39, 0.29) is 17.9 Å². The molecule has 1 saturated carbocycles. The molecule has 0 heterocycles. The Labute approximate surface area is 125 Å². The lowest BCUT2D eigenvalue weighted by Crippen LogP contribution is -2.41.